The van der Waals surface area contributed by atoms with Crippen molar-refractivity contribution in [2.45, 2.75) is 25.7 Å². The number of hydrogen-bond acceptors (Lipinski definition) is 2. The van der Waals surface area contributed by atoms with E-state index < -0.39 is 0 Å². The van der Waals surface area contributed by atoms with Crippen LogP contribution in [0.25, 0.3) is 0 Å². The molecule has 0 radical (unpaired) electrons. The smallest absolute Gasteiger partial charge is 0.126 e. The normalized spacial score (nSPS) is 13.3. The summed E-state index contributed by atoms with van der Waals surface area (Å²) in [6.45, 7) is 0.701. The summed E-state index contributed by atoms with van der Waals surface area (Å²) in [5, 5.41) is 3.27. The number of aryl methyl sites for hydroxylation is 2. The maximum absolute atomic E-state index is 13.5. The van der Waals surface area contributed by atoms with Crippen molar-refractivity contribution >= 4 is 5.82 Å². The standard InChI is InChI=1S/C16H17FN2/c17-14-6-2-1-4-12(14)10-11-18-16-9-8-13-5-3-7-15(13)19-16/h1-2,4,6,8-9H,3,5,7,10-11H2,(H,18,19). The second kappa shape index (κ2) is 5.39. The number of anilines is 1. The van der Waals surface area contributed by atoms with Gasteiger partial charge in [-0.25, -0.2) is 9.37 Å². The van der Waals surface area contributed by atoms with Crippen molar-refractivity contribution in [3.8, 4) is 0 Å². The highest BCUT2D eigenvalue weighted by atomic mass is 19.1. The lowest BCUT2D eigenvalue weighted by molar-refractivity contribution is 0.610. The summed E-state index contributed by atoms with van der Waals surface area (Å²) in [6, 6.07) is 11.1. The molecule has 1 aliphatic carbocycles. The van der Waals surface area contributed by atoms with Gasteiger partial charge < -0.3 is 5.32 Å². The molecular formula is C16H17FN2. The molecule has 1 N–H and O–H groups in total. The van der Waals surface area contributed by atoms with E-state index in [4.69, 9.17) is 0 Å². The highest BCUT2D eigenvalue weighted by molar-refractivity contribution is 5.40. The molecule has 0 atom stereocenters. The van der Waals surface area contributed by atoms with Gasteiger partial charge in [-0.15, -0.1) is 0 Å². The molecule has 1 aliphatic rings. The minimum atomic E-state index is -0.133. The Hall–Kier alpha value is -1.90. The molecule has 3 rings (SSSR count). The number of hydrogen-bond donors (Lipinski definition) is 1. The van der Waals surface area contributed by atoms with Crippen molar-refractivity contribution in [1.82, 2.24) is 4.98 Å². The van der Waals surface area contributed by atoms with Crippen LogP contribution in [0, 0.1) is 5.82 Å². The molecule has 3 heteroatoms. The topological polar surface area (TPSA) is 24.9 Å². The zero-order valence-corrected chi connectivity index (χ0v) is 10.8. The molecule has 19 heavy (non-hydrogen) atoms. The molecule has 2 aromatic rings. The van der Waals surface area contributed by atoms with E-state index >= 15 is 0 Å². The number of rotatable bonds is 4. The van der Waals surface area contributed by atoms with Gasteiger partial charge in [0, 0.05) is 12.2 Å². The molecule has 0 amide bonds. The number of benzene rings is 1. The molecule has 2 nitrogen and oxygen atoms in total. The summed E-state index contributed by atoms with van der Waals surface area (Å²) >= 11 is 0. The van der Waals surface area contributed by atoms with E-state index in [1.165, 1.54) is 23.7 Å². The number of nitrogens with zero attached hydrogens (tertiary/aromatic N) is 1. The van der Waals surface area contributed by atoms with E-state index in [1.54, 1.807) is 6.07 Å². The summed E-state index contributed by atoms with van der Waals surface area (Å²) in [5.41, 5.74) is 3.34. The lowest BCUT2D eigenvalue weighted by Crippen LogP contribution is -2.08. The third-order valence-electron chi connectivity index (χ3n) is 3.59. The minimum absolute atomic E-state index is 0.133. The summed E-state index contributed by atoms with van der Waals surface area (Å²) < 4.78 is 13.5. The van der Waals surface area contributed by atoms with Crippen LogP contribution in [0.5, 0.6) is 0 Å². The number of fused-ring (bicyclic) bond motifs is 1. The Bertz CT molecular complexity index is 581. The van der Waals surface area contributed by atoms with Crippen LogP contribution in [-0.2, 0) is 19.3 Å². The molecule has 0 unspecified atom stereocenters. The maximum Gasteiger partial charge on any atom is 0.126 e. The summed E-state index contributed by atoms with van der Waals surface area (Å²) in [5.74, 6) is 0.767. The van der Waals surface area contributed by atoms with E-state index in [2.05, 4.69) is 16.4 Å². The van der Waals surface area contributed by atoms with Crippen LogP contribution in [-0.4, -0.2) is 11.5 Å². The highest BCUT2D eigenvalue weighted by Crippen LogP contribution is 2.21. The van der Waals surface area contributed by atoms with Gasteiger partial charge in [0.15, 0.2) is 0 Å². The average molecular weight is 256 g/mol. The molecule has 98 valence electrons. The van der Waals surface area contributed by atoms with Crippen LogP contribution in [0.4, 0.5) is 10.2 Å². The van der Waals surface area contributed by atoms with Gasteiger partial charge in [0.1, 0.15) is 11.6 Å². The predicted molar refractivity (Wildman–Crippen MR) is 74.9 cm³/mol. The van der Waals surface area contributed by atoms with Crippen molar-refractivity contribution < 1.29 is 4.39 Å². The summed E-state index contributed by atoms with van der Waals surface area (Å²) in [6.07, 6.45) is 4.11. The minimum Gasteiger partial charge on any atom is -0.370 e. The largest absolute Gasteiger partial charge is 0.370 e. The second-order valence-corrected chi connectivity index (χ2v) is 4.92. The fraction of sp³-hybridized carbons (Fsp3) is 0.312. The van der Waals surface area contributed by atoms with E-state index in [0.717, 1.165) is 24.2 Å². The Balaban J connectivity index is 1.59. The summed E-state index contributed by atoms with van der Waals surface area (Å²) in [4.78, 5) is 4.60. The molecule has 0 saturated heterocycles. The van der Waals surface area contributed by atoms with Gasteiger partial charge in [0.25, 0.3) is 0 Å². The van der Waals surface area contributed by atoms with Gasteiger partial charge in [-0.2, -0.15) is 0 Å². The van der Waals surface area contributed by atoms with E-state index in [9.17, 15) is 4.39 Å². The molecule has 0 aliphatic heterocycles. The first kappa shape index (κ1) is 12.2. The highest BCUT2D eigenvalue weighted by Gasteiger charge is 2.12. The van der Waals surface area contributed by atoms with E-state index in [1.807, 2.05) is 18.2 Å². The number of nitrogens with one attached hydrogen (secondary N) is 1. The first-order valence-electron chi connectivity index (χ1n) is 6.79. The van der Waals surface area contributed by atoms with E-state index in [-0.39, 0.29) is 5.82 Å². The van der Waals surface area contributed by atoms with Crippen molar-refractivity contribution in [3.63, 3.8) is 0 Å². The van der Waals surface area contributed by atoms with Crippen LogP contribution in [0.1, 0.15) is 23.2 Å². The van der Waals surface area contributed by atoms with Crippen molar-refractivity contribution in [1.29, 1.82) is 0 Å². The fourth-order valence-corrected chi connectivity index (χ4v) is 2.55. The van der Waals surface area contributed by atoms with Gasteiger partial charge in [0.05, 0.1) is 0 Å². The first-order valence-corrected chi connectivity index (χ1v) is 6.79. The third-order valence-corrected chi connectivity index (χ3v) is 3.59. The summed E-state index contributed by atoms with van der Waals surface area (Å²) in [7, 11) is 0. The first-order chi connectivity index (χ1) is 9.33. The Labute approximate surface area is 112 Å². The lowest BCUT2D eigenvalue weighted by atomic mass is 10.1. The second-order valence-electron chi connectivity index (χ2n) is 4.92. The molecule has 0 spiro atoms. The number of aromatic nitrogens is 1. The van der Waals surface area contributed by atoms with Crippen molar-refractivity contribution in [2.24, 2.45) is 0 Å². The Morgan fingerprint density at radius 2 is 2.00 bits per heavy atom. The van der Waals surface area contributed by atoms with Crippen molar-refractivity contribution in [2.75, 3.05) is 11.9 Å². The van der Waals surface area contributed by atoms with Crippen LogP contribution >= 0.6 is 0 Å². The maximum atomic E-state index is 13.5. The third kappa shape index (κ3) is 2.75. The van der Waals surface area contributed by atoms with Crippen LogP contribution < -0.4 is 5.32 Å². The van der Waals surface area contributed by atoms with Gasteiger partial charge in [0.2, 0.25) is 0 Å². The SMILES string of the molecule is Fc1ccccc1CCNc1ccc2c(n1)CCC2. The van der Waals surface area contributed by atoms with Crippen LogP contribution in [0.15, 0.2) is 36.4 Å². The Kier molecular flexibility index (Phi) is 3.45. The quantitative estimate of drug-likeness (QED) is 0.907. The molecular weight excluding hydrogens is 239 g/mol. The fourth-order valence-electron chi connectivity index (χ4n) is 2.55. The number of halogens is 1. The molecule has 0 saturated carbocycles. The molecule has 1 heterocycles. The van der Waals surface area contributed by atoms with Gasteiger partial charge in [-0.05, 0) is 48.9 Å². The van der Waals surface area contributed by atoms with Crippen LogP contribution in [0.2, 0.25) is 0 Å². The molecule has 0 fully saturated rings. The zero-order valence-electron chi connectivity index (χ0n) is 10.8. The average Bonchev–Trinajstić information content (AvgIpc) is 2.88. The van der Waals surface area contributed by atoms with Crippen molar-refractivity contribution in [3.05, 3.63) is 59.0 Å². The zero-order chi connectivity index (χ0) is 13.1. The molecule has 0 bridgehead atoms. The molecule has 1 aromatic carbocycles. The predicted octanol–water partition coefficient (Wildman–Crippen LogP) is 3.36. The Morgan fingerprint density at radius 3 is 2.89 bits per heavy atom. The van der Waals surface area contributed by atoms with Gasteiger partial charge >= 0.3 is 0 Å². The van der Waals surface area contributed by atoms with E-state index in [0.29, 0.717) is 13.0 Å². The lowest BCUT2D eigenvalue weighted by Gasteiger charge is -2.08. The number of pyridine rings is 1. The monoisotopic (exact) mass is 256 g/mol. The van der Waals surface area contributed by atoms with Crippen LogP contribution in [0.3, 0.4) is 0 Å². The molecule has 1 aromatic heterocycles. The Morgan fingerprint density at radius 1 is 1.11 bits per heavy atom. The van der Waals surface area contributed by atoms with Gasteiger partial charge in [-0.3, -0.25) is 0 Å². The van der Waals surface area contributed by atoms with Gasteiger partial charge in [-0.1, -0.05) is 24.3 Å².